The molecule has 0 aliphatic rings. The van der Waals surface area contributed by atoms with E-state index < -0.39 is 28.5 Å². The third-order valence-corrected chi connectivity index (χ3v) is 7.30. The lowest BCUT2D eigenvalue weighted by molar-refractivity contribution is -0.139. The zero-order chi connectivity index (χ0) is 25.6. The number of aryl methyl sites for hydroxylation is 1. The Labute approximate surface area is 208 Å². The van der Waals surface area contributed by atoms with E-state index in [9.17, 15) is 18.0 Å². The Kier molecular flexibility index (Phi) is 9.53. The van der Waals surface area contributed by atoms with Crippen molar-refractivity contribution >= 4 is 39.1 Å². The molecular weight excluding hydrogens is 474 g/mol. The molecule has 0 bridgehead atoms. The lowest BCUT2D eigenvalue weighted by Crippen LogP contribution is -2.52. The van der Waals surface area contributed by atoms with Crippen LogP contribution in [0.5, 0.6) is 0 Å². The van der Waals surface area contributed by atoms with E-state index in [0.29, 0.717) is 10.7 Å². The SMILES string of the molecule is CC[C@H](C)NC(=O)[C@@H](C)N(Cc1cccc(Cl)c1)C(=O)CN(c1cccc(C)c1C)S(C)(=O)=O. The number of nitrogens with one attached hydrogen (secondary N) is 1. The first kappa shape index (κ1) is 27.7. The summed E-state index contributed by atoms with van der Waals surface area (Å²) < 4.78 is 26.5. The fourth-order valence-corrected chi connectivity index (χ4v) is 4.59. The molecule has 34 heavy (non-hydrogen) atoms. The number of nitrogens with zero attached hydrogens (tertiary/aromatic N) is 2. The molecule has 2 amide bonds. The summed E-state index contributed by atoms with van der Waals surface area (Å²) in [6.07, 6.45) is 1.82. The fraction of sp³-hybridized carbons (Fsp3) is 0.440. The predicted octanol–water partition coefficient (Wildman–Crippen LogP) is 4.05. The zero-order valence-electron chi connectivity index (χ0n) is 20.6. The van der Waals surface area contributed by atoms with Crippen molar-refractivity contribution in [3.05, 3.63) is 64.2 Å². The third kappa shape index (κ3) is 7.21. The normalized spacial score (nSPS) is 13.1. The van der Waals surface area contributed by atoms with Crippen molar-refractivity contribution in [1.29, 1.82) is 0 Å². The molecule has 1 N–H and O–H groups in total. The molecule has 186 valence electrons. The third-order valence-electron chi connectivity index (χ3n) is 5.93. The van der Waals surface area contributed by atoms with Crippen LogP contribution in [0, 0.1) is 13.8 Å². The summed E-state index contributed by atoms with van der Waals surface area (Å²) in [6, 6.07) is 11.5. The summed E-state index contributed by atoms with van der Waals surface area (Å²) in [5.74, 6) is -0.791. The van der Waals surface area contributed by atoms with Gasteiger partial charge in [0.05, 0.1) is 11.9 Å². The van der Waals surface area contributed by atoms with Gasteiger partial charge in [0.25, 0.3) is 0 Å². The monoisotopic (exact) mass is 507 g/mol. The number of hydrogen-bond donors (Lipinski definition) is 1. The van der Waals surface area contributed by atoms with E-state index in [-0.39, 0.29) is 18.5 Å². The molecular formula is C25H34ClN3O4S. The summed E-state index contributed by atoms with van der Waals surface area (Å²) >= 11 is 6.12. The molecule has 2 rings (SSSR count). The van der Waals surface area contributed by atoms with Crippen LogP contribution in [0.15, 0.2) is 42.5 Å². The minimum atomic E-state index is -3.77. The molecule has 0 fully saturated rings. The number of benzene rings is 2. The van der Waals surface area contributed by atoms with Gasteiger partial charge in [-0.15, -0.1) is 0 Å². The molecule has 0 unspecified atom stereocenters. The molecule has 0 heterocycles. The van der Waals surface area contributed by atoms with E-state index in [1.807, 2.05) is 39.8 Å². The van der Waals surface area contributed by atoms with Crippen LogP contribution in [0.2, 0.25) is 5.02 Å². The molecule has 2 aromatic rings. The van der Waals surface area contributed by atoms with E-state index in [4.69, 9.17) is 11.6 Å². The van der Waals surface area contributed by atoms with Crippen molar-refractivity contribution in [2.45, 2.75) is 59.7 Å². The Morgan fingerprint density at radius 2 is 1.74 bits per heavy atom. The van der Waals surface area contributed by atoms with Crippen LogP contribution in [-0.4, -0.2) is 50.0 Å². The first-order valence-electron chi connectivity index (χ1n) is 11.2. The zero-order valence-corrected chi connectivity index (χ0v) is 22.2. The van der Waals surface area contributed by atoms with Gasteiger partial charge in [0.2, 0.25) is 21.8 Å². The standard InChI is InChI=1S/C25H34ClN3O4S/c1-7-18(3)27-25(31)20(5)28(15-21-11-9-12-22(26)14-21)24(30)16-29(34(6,32)33)23-13-8-10-17(2)19(23)4/h8-14,18,20H,7,15-16H2,1-6H3,(H,27,31)/t18-,20+/m0/s1. The first-order valence-corrected chi connectivity index (χ1v) is 13.5. The van der Waals surface area contributed by atoms with Gasteiger partial charge in [-0.3, -0.25) is 13.9 Å². The van der Waals surface area contributed by atoms with Crippen molar-refractivity contribution in [2.75, 3.05) is 17.1 Å². The molecule has 7 nitrogen and oxygen atoms in total. The van der Waals surface area contributed by atoms with Crippen molar-refractivity contribution in [3.8, 4) is 0 Å². The predicted molar refractivity (Wildman–Crippen MR) is 137 cm³/mol. The topological polar surface area (TPSA) is 86.8 Å². The highest BCUT2D eigenvalue weighted by Gasteiger charge is 2.31. The second kappa shape index (κ2) is 11.7. The molecule has 2 aromatic carbocycles. The van der Waals surface area contributed by atoms with E-state index in [1.165, 1.54) is 4.90 Å². The van der Waals surface area contributed by atoms with Crippen LogP contribution in [0.4, 0.5) is 5.69 Å². The lowest BCUT2D eigenvalue weighted by atomic mass is 10.1. The van der Waals surface area contributed by atoms with Gasteiger partial charge in [0.1, 0.15) is 12.6 Å². The average Bonchev–Trinajstić information content (AvgIpc) is 2.76. The number of anilines is 1. The first-order chi connectivity index (χ1) is 15.8. The maximum Gasteiger partial charge on any atom is 0.244 e. The quantitative estimate of drug-likeness (QED) is 0.525. The van der Waals surface area contributed by atoms with Gasteiger partial charge < -0.3 is 10.2 Å². The van der Waals surface area contributed by atoms with Gasteiger partial charge in [-0.1, -0.05) is 42.8 Å². The largest absolute Gasteiger partial charge is 0.352 e. The summed E-state index contributed by atoms with van der Waals surface area (Å²) in [5, 5.41) is 3.41. The highest BCUT2D eigenvalue weighted by atomic mass is 35.5. The molecule has 0 saturated heterocycles. The maximum atomic E-state index is 13.6. The highest BCUT2D eigenvalue weighted by molar-refractivity contribution is 7.92. The molecule has 0 aromatic heterocycles. The average molecular weight is 508 g/mol. The van der Waals surface area contributed by atoms with Gasteiger partial charge in [0, 0.05) is 17.6 Å². The van der Waals surface area contributed by atoms with Gasteiger partial charge >= 0.3 is 0 Å². The molecule has 0 aliphatic carbocycles. The second-order valence-electron chi connectivity index (χ2n) is 8.63. The summed E-state index contributed by atoms with van der Waals surface area (Å²) in [5.41, 5.74) is 2.86. The molecule has 9 heteroatoms. The van der Waals surface area contributed by atoms with Gasteiger partial charge in [0.15, 0.2) is 0 Å². The number of carbonyl (C=O) groups is 2. The van der Waals surface area contributed by atoms with Crippen molar-refractivity contribution in [1.82, 2.24) is 10.2 Å². The maximum absolute atomic E-state index is 13.6. The van der Waals surface area contributed by atoms with Crippen LogP contribution in [0.25, 0.3) is 0 Å². The van der Waals surface area contributed by atoms with E-state index in [0.717, 1.165) is 33.7 Å². The smallest absolute Gasteiger partial charge is 0.244 e. The summed E-state index contributed by atoms with van der Waals surface area (Å²) in [7, 11) is -3.77. The number of rotatable bonds is 10. The summed E-state index contributed by atoms with van der Waals surface area (Å²) in [4.78, 5) is 27.9. The van der Waals surface area contributed by atoms with Gasteiger partial charge in [-0.05, 0) is 69.0 Å². The molecule has 0 saturated carbocycles. The molecule has 2 atom stereocenters. The highest BCUT2D eigenvalue weighted by Crippen LogP contribution is 2.25. The van der Waals surface area contributed by atoms with Gasteiger partial charge in [-0.2, -0.15) is 0 Å². The van der Waals surface area contributed by atoms with Crippen LogP contribution < -0.4 is 9.62 Å². The van der Waals surface area contributed by atoms with Crippen LogP contribution in [0.1, 0.15) is 43.9 Å². The van der Waals surface area contributed by atoms with E-state index in [2.05, 4.69) is 5.32 Å². The van der Waals surface area contributed by atoms with Crippen molar-refractivity contribution in [3.63, 3.8) is 0 Å². The van der Waals surface area contributed by atoms with Gasteiger partial charge in [-0.25, -0.2) is 8.42 Å². The number of amides is 2. The van der Waals surface area contributed by atoms with Crippen LogP contribution in [0.3, 0.4) is 0 Å². The van der Waals surface area contributed by atoms with Crippen LogP contribution in [-0.2, 0) is 26.2 Å². The fourth-order valence-electron chi connectivity index (χ4n) is 3.48. The Hall–Kier alpha value is -2.58. The Bertz CT molecular complexity index is 1140. The Morgan fingerprint density at radius 3 is 2.32 bits per heavy atom. The summed E-state index contributed by atoms with van der Waals surface area (Å²) in [6.45, 7) is 8.87. The van der Waals surface area contributed by atoms with Crippen molar-refractivity contribution in [2.24, 2.45) is 0 Å². The number of hydrogen-bond acceptors (Lipinski definition) is 4. The Balaban J connectivity index is 2.43. The lowest BCUT2D eigenvalue weighted by Gasteiger charge is -2.32. The minimum absolute atomic E-state index is 0.0551. The molecule has 0 spiro atoms. The number of sulfonamides is 1. The number of carbonyl (C=O) groups excluding carboxylic acids is 2. The molecule has 0 aliphatic heterocycles. The van der Waals surface area contributed by atoms with Crippen LogP contribution >= 0.6 is 11.6 Å². The Morgan fingerprint density at radius 1 is 1.09 bits per heavy atom. The second-order valence-corrected chi connectivity index (χ2v) is 11.0. The molecule has 0 radical (unpaired) electrons. The number of halogens is 1. The van der Waals surface area contributed by atoms with Crippen molar-refractivity contribution < 1.29 is 18.0 Å². The van der Waals surface area contributed by atoms with E-state index >= 15 is 0 Å². The minimum Gasteiger partial charge on any atom is -0.352 e. The van der Waals surface area contributed by atoms with E-state index in [1.54, 1.807) is 37.3 Å².